The summed E-state index contributed by atoms with van der Waals surface area (Å²) in [6.07, 6.45) is -0.0942. The van der Waals surface area contributed by atoms with Crippen LogP contribution in [0.25, 0.3) is 0 Å². The lowest BCUT2D eigenvalue weighted by Gasteiger charge is -2.21. The third-order valence-electron chi connectivity index (χ3n) is 2.21. The number of rotatable bonds is 7. The molecular weight excluding hydrogens is 212 g/mol. The first-order chi connectivity index (χ1) is 7.51. The molecule has 0 radical (unpaired) electrons. The first-order valence-electron chi connectivity index (χ1n) is 5.28. The van der Waals surface area contributed by atoms with Crippen molar-refractivity contribution in [2.45, 2.75) is 26.4 Å². The third kappa shape index (κ3) is 6.23. The number of methoxy groups -OCH3 is 1. The van der Waals surface area contributed by atoms with Crippen LogP contribution in [-0.4, -0.2) is 54.9 Å². The van der Waals surface area contributed by atoms with Crippen LogP contribution in [0.15, 0.2) is 0 Å². The van der Waals surface area contributed by atoms with Gasteiger partial charge in [-0.2, -0.15) is 0 Å². The molecule has 0 fully saturated rings. The summed E-state index contributed by atoms with van der Waals surface area (Å²) in [5.74, 6) is -0.906. The van der Waals surface area contributed by atoms with E-state index in [1.807, 2.05) is 6.92 Å². The topological polar surface area (TPSA) is 78.9 Å². The molecule has 0 saturated carbocycles. The monoisotopic (exact) mass is 232 g/mol. The molecule has 0 aromatic rings. The number of nitrogens with one attached hydrogen (secondary N) is 1. The summed E-state index contributed by atoms with van der Waals surface area (Å²) in [6.45, 7) is 4.77. The van der Waals surface area contributed by atoms with Crippen LogP contribution in [0.2, 0.25) is 0 Å². The van der Waals surface area contributed by atoms with E-state index in [4.69, 9.17) is 9.84 Å². The van der Waals surface area contributed by atoms with Gasteiger partial charge in [-0.05, 0) is 13.8 Å². The Morgan fingerprint density at radius 1 is 1.50 bits per heavy atom. The SMILES string of the molecule is CCN(CCC(=O)O)C(=O)NCC(C)OC. The fourth-order valence-corrected chi connectivity index (χ4v) is 1.06. The zero-order valence-corrected chi connectivity index (χ0v) is 10.0. The minimum absolute atomic E-state index is 0.0406. The van der Waals surface area contributed by atoms with Crippen LogP contribution in [0.5, 0.6) is 0 Å². The second-order valence-corrected chi connectivity index (χ2v) is 3.46. The van der Waals surface area contributed by atoms with Gasteiger partial charge in [-0.25, -0.2) is 4.79 Å². The number of nitrogens with zero attached hydrogens (tertiary/aromatic N) is 1. The lowest BCUT2D eigenvalue weighted by Crippen LogP contribution is -2.43. The van der Waals surface area contributed by atoms with Gasteiger partial charge in [-0.1, -0.05) is 0 Å². The van der Waals surface area contributed by atoms with E-state index >= 15 is 0 Å². The van der Waals surface area contributed by atoms with E-state index in [2.05, 4.69) is 5.32 Å². The molecule has 6 nitrogen and oxygen atoms in total. The smallest absolute Gasteiger partial charge is 0.317 e. The number of amides is 2. The average molecular weight is 232 g/mol. The lowest BCUT2D eigenvalue weighted by atomic mass is 10.4. The quantitative estimate of drug-likeness (QED) is 0.671. The van der Waals surface area contributed by atoms with Crippen molar-refractivity contribution in [3.05, 3.63) is 0 Å². The number of carboxylic acid groups (broad SMARTS) is 1. The maximum atomic E-state index is 11.6. The molecule has 0 heterocycles. The molecule has 2 amide bonds. The number of hydrogen-bond acceptors (Lipinski definition) is 3. The first kappa shape index (κ1) is 14.7. The van der Waals surface area contributed by atoms with E-state index < -0.39 is 5.97 Å². The molecule has 0 rings (SSSR count). The van der Waals surface area contributed by atoms with Gasteiger partial charge in [0.1, 0.15) is 0 Å². The van der Waals surface area contributed by atoms with Gasteiger partial charge in [0.25, 0.3) is 0 Å². The molecule has 0 aliphatic rings. The minimum atomic E-state index is -0.906. The molecule has 94 valence electrons. The molecule has 0 aliphatic heterocycles. The Morgan fingerprint density at radius 2 is 2.12 bits per heavy atom. The summed E-state index contributed by atoms with van der Waals surface area (Å²) in [5.41, 5.74) is 0. The van der Waals surface area contributed by atoms with Crippen molar-refractivity contribution in [2.24, 2.45) is 0 Å². The van der Waals surface area contributed by atoms with Crippen molar-refractivity contribution < 1.29 is 19.4 Å². The van der Waals surface area contributed by atoms with Crippen molar-refractivity contribution in [3.63, 3.8) is 0 Å². The molecule has 0 aromatic carbocycles. The van der Waals surface area contributed by atoms with Crippen LogP contribution >= 0.6 is 0 Å². The Labute approximate surface area is 95.6 Å². The van der Waals surface area contributed by atoms with Gasteiger partial charge in [-0.3, -0.25) is 4.79 Å². The van der Waals surface area contributed by atoms with E-state index in [0.29, 0.717) is 13.1 Å². The minimum Gasteiger partial charge on any atom is -0.481 e. The van der Waals surface area contributed by atoms with Crippen LogP contribution in [0.4, 0.5) is 4.79 Å². The van der Waals surface area contributed by atoms with Gasteiger partial charge >= 0.3 is 12.0 Å². The van der Waals surface area contributed by atoms with Gasteiger partial charge in [0.05, 0.1) is 12.5 Å². The Kier molecular flexibility index (Phi) is 7.28. The third-order valence-corrected chi connectivity index (χ3v) is 2.21. The van der Waals surface area contributed by atoms with E-state index in [1.165, 1.54) is 4.90 Å². The van der Waals surface area contributed by atoms with Crippen molar-refractivity contribution in [2.75, 3.05) is 26.7 Å². The summed E-state index contributed by atoms with van der Waals surface area (Å²) >= 11 is 0. The summed E-state index contributed by atoms with van der Waals surface area (Å²) in [4.78, 5) is 23.4. The number of carbonyl (C=O) groups is 2. The van der Waals surface area contributed by atoms with Crippen molar-refractivity contribution in [1.29, 1.82) is 0 Å². The van der Waals surface area contributed by atoms with Gasteiger partial charge in [-0.15, -0.1) is 0 Å². The van der Waals surface area contributed by atoms with Gasteiger partial charge in [0.15, 0.2) is 0 Å². The maximum Gasteiger partial charge on any atom is 0.317 e. The molecule has 0 spiro atoms. The maximum absolute atomic E-state index is 11.6. The predicted molar refractivity (Wildman–Crippen MR) is 59.4 cm³/mol. The molecule has 1 atom stereocenters. The highest BCUT2D eigenvalue weighted by molar-refractivity contribution is 5.75. The van der Waals surface area contributed by atoms with Gasteiger partial charge < -0.3 is 20.1 Å². The second kappa shape index (κ2) is 7.92. The predicted octanol–water partition coefficient (Wildman–Crippen LogP) is 0.527. The molecule has 1 unspecified atom stereocenters. The van der Waals surface area contributed by atoms with Crippen LogP contribution in [0.1, 0.15) is 20.3 Å². The lowest BCUT2D eigenvalue weighted by molar-refractivity contribution is -0.137. The summed E-state index contributed by atoms with van der Waals surface area (Å²) in [7, 11) is 1.57. The average Bonchev–Trinajstić information content (AvgIpc) is 2.26. The Morgan fingerprint density at radius 3 is 2.56 bits per heavy atom. The summed E-state index contributed by atoms with van der Waals surface area (Å²) in [6, 6.07) is -0.257. The highest BCUT2D eigenvalue weighted by Crippen LogP contribution is 1.93. The molecule has 0 bridgehead atoms. The zero-order valence-electron chi connectivity index (χ0n) is 10.0. The number of ether oxygens (including phenoxy) is 1. The largest absolute Gasteiger partial charge is 0.481 e. The molecule has 6 heteroatoms. The molecule has 2 N–H and O–H groups in total. The Balaban J connectivity index is 3.95. The number of urea groups is 1. The van der Waals surface area contributed by atoms with Crippen molar-refractivity contribution >= 4 is 12.0 Å². The molecule has 0 aliphatic carbocycles. The van der Waals surface area contributed by atoms with Crippen LogP contribution in [-0.2, 0) is 9.53 Å². The highest BCUT2D eigenvalue weighted by atomic mass is 16.5. The van der Waals surface area contributed by atoms with Crippen LogP contribution < -0.4 is 5.32 Å². The van der Waals surface area contributed by atoms with E-state index in [-0.39, 0.29) is 25.1 Å². The number of carboxylic acids is 1. The van der Waals surface area contributed by atoms with E-state index in [1.54, 1.807) is 14.0 Å². The molecule has 0 aromatic heterocycles. The van der Waals surface area contributed by atoms with Crippen molar-refractivity contribution in [3.8, 4) is 0 Å². The normalized spacial score (nSPS) is 11.9. The van der Waals surface area contributed by atoms with E-state index in [9.17, 15) is 9.59 Å². The van der Waals surface area contributed by atoms with E-state index in [0.717, 1.165) is 0 Å². The molecule has 16 heavy (non-hydrogen) atoms. The summed E-state index contributed by atoms with van der Waals surface area (Å²) < 4.78 is 4.98. The van der Waals surface area contributed by atoms with Gasteiger partial charge in [0, 0.05) is 26.7 Å². The number of hydrogen-bond donors (Lipinski definition) is 2. The second-order valence-electron chi connectivity index (χ2n) is 3.46. The summed E-state index contributed by atoms with van der Waals surface area (Å²) in [5, 5.41) is 11.2. The highest BCUT2D eigenvalue weighted by Gasteiger charge is 2.13. The fourth-order valence-electron chi connectivity index (χ4n) is 1.06. The first-order valence-corrected chi connectivity index (χ1v) is 5.28. The number of aliphatic carboxylic acids is 1. The fraction of sp³-hybridized carbons (Fsp3) is 0.800. The molecule has 0 saturated heterocycles. The molecular formula is C10H20N2O4. The Bertz CT molecular complexity index is 233. The Hall–Kier alpha value is -1.30. The number of carbonyl (C=O) groups excluding carboxylic acids is 1. The van der Waals surface area contributed by atoms with Crippen LogP contribution in [0, 0.1) is 0 Å². The van der Waals surface area contributed by atoms with Crippen molar-refractivity contribution in [1.82, 2.24) is 10.2 Å². The standard InChI is InChI=1S/C10H20N2O4/c1-4-12(6-5-9(13)14)10(15)11-7-8(2)16-3/h8H,4-7H2,1-3H3,(H,11,15)(H,13,14). The van der Waals surface area contributed by atoms with Crippen LogP contribution in [0.3, 0.4) is 0 Å². The van der Waals surface area contributed by atoms with Gasteiger partial charge in [0.2, 0.25) is 0 Å². The zero-order chi connectivity index (χ0) is 12.6.